The average Bonchev–Trinajstić information content (AvgIpc) is 3.10. The van der Waals surface area contributed by atoms with Crippen LogP contribution in [-0.2, 0) is 19.1 Å². The zero-order valence-electron chi connectivity index (χ0n) is 31.5. The van der Waals surface area contributed by atoms with Gasteiger partial charge < -0.3 is 15.2 Å². The summed E-state index contributed by atoms with van der Waals surface area (Å²) in [6.07, 6.45) is 54.0. The fourth-order valence-corrected chi connectivity index (χ4v) is 4.88. The Balaban J connectivity index is 4.25. The third-order valence-corrected chi connectivity index (χ3v) is 7.72. The number of rotatable bonds is 33. The summed E-state index contributed by atoms with van der Waals surface area (Å²) >= 11 is 0. The number of ether oxygens (including phenoxy) is 1. The summed E-state index contributed by atoms with van der Waals surface area (Å²) in [5, 5.41) is 11.0. The van der Waals surface area contributed by atoms with Crippen LogP contribution in [0, 0.1) is 0 Å². The maximum atomic E-state index is 12.6. The molecule has 0 fully saturated rings. The number of carbonyl (C=O) groups is 3. The number of carboxylic acid groups (broad SMARTS) is 1. The molecule has 280 valence electrons. The second kappa shape index (κ2) is 38.1. The quantitative estimate of drug-likeness (QED) is 0.0406. The fourth-order valence-electron chi connectivity index (χ4n) is 4.88. The molecule has 1 atom stereocenters. The van der Waals surface area contributed by atoms with Gasteiger partial charge in [0.1, 0.15) is 12.6 Å². The molecule has 0 rings (SSSR count). The topological polar surface area (TPSA) is 92.7 Å². The zero-order chi connectivity index (χ0) is 36.6. The smallest absolute Gasteiger partial charge is 0.322 e. The summed E-state index contributed by atoms with van der Waals surface area (Å²) in [6.45, 7) is 4.02. The van der Waals surface area contributed by atoms with Crippen LogP contribution in [0.1, 0.15) is 149 Å². The molecule has 0 bridgehead atoms. The molecule has 0 saturated heterocycles. The third kappa shape index (κ3) is 37.2. The first-order valence-corrected chi connectivity index (χ1v) is 19.4. The van der Waals surface area contributed by atoms with E-state index in [4.69, 9.17) is 9.84 Å². The molecular formula is C44H69NO5. The highest BCUT2D eigenvalue weighted by molar-refractivity contribution is 5.80. The van der Waals surface area contributed by atoms with Crippen molar-refractivity contribution in [3.8, 4) is 0 Å². The molecule has 0 aromatic rings. The van der Waals surface area contributed by atoms with Crippen molar-refractivity contribution in [3.05, 3.63) is 97.2 Å². The summed E-state index contributed by atoms with van der Waals surface area (Å²) in [7, 11) is 0. The van der Waals surface area contributed by atoms with Crippen LogP contribution in [-0.4, -0.2) is 35.6 Å². The molecule has 0 aromatic carbocycles. The molecule has 0 aliphatic rings. The number of unbranched alkanes of at least 4 members (excludes halogenated alkanes) is 8. The fraction of sp³-hybridized carbons (Fsp3) is 0.568. The summed E-state index contributed by atoms with van der Waals surface area (Å²) < 4.78 is 5.84. The van der Waals surface area contributed by atoms with Crippen LogP contribution in [0.2, 0.25) is 0 Å². The van der Waals surface area contributed by atoms with Gasteiger partial charge in [0.15, 0.2) is 0 Å². The van der Waals surface area contributed by atoms with Gasteiger partial charge in [-0.25, -0.2) is 0 Å². The van der Waals surface area contributed by atoms with Gasteiger partial charge in [0, 0.05) is 12.8 Å². The number of nitrogens with one attached hydrogen (secondary N) is 1. The predicted molar refractivity (Wildman–Crippen MR) is 212 cm³/mol. The molecule has 0 aromatic heterocycles. The minimum absolute atomic E-state index is 0.146. The van der Waals surface area contributed by atoms with Gasteiger partial charge in [0.2, 0.25) is 5.91 Å². The van der Waals surface area contributed by atoms with Gasteiger partial charge in [-0.1, -0.05) is 131 Å². The van der Waals surface area contributed by atoms with Crippen LogP contribution in [0.3, 0.4) is 0 Å². The van der Waals surface area contributed by atoms with E-state index in [1.54, 1.807) is 0 Å². The standard InChI is InChI=1S/C44H69NO5/c1-3-5-7-9-11-13-14-15-16-17-18-19-20-21-22-23-24-25-27-29-35-39-44(49)50-41(36-32-28-26-12-10-8-6-4-2)37-33-30-31-34-38-42(46)45-40-43(47)48/h5,7,11-13,15-16,18-19,21-22,24-26,32,36,41H,3-4,6,8-10,14,17,20,23,27-31,33-35,37-40H2,1-2H3,(H,45,46)(H,47,48)/b7-5-,13-11-,16-15-,19-18-,22-21-,25-24-,26-12-,36-32-. The Hall–Kier alpha value is -3.67. The highest BCUT2D eigenvalue weighted by Crippen LogP contribution is 2.14. The van der Waals surface area contributed by atoms with Crippen LogP contribution < -0.4 is 5.32 Å². The van der Waals surface area contributed by atoms with Crippen molar-refractivity contribution in [2.75, 3.05) is 6.54 Å². The Labute approximate surface area is 305 Å². The third-order valence-electron chi connectivity index (χ3n) is 7.72. The number of allylic oxidation sites excluding steroid dienone is 15. The van der Waals surface area contributed by atoms with E-state index in [0.717, 1.165) is 96.3 Å². The van der Waals surface area contributed by atoms with Crippen molar-refractivity contribution in [2.45, 2.75) is 155 Å². The van der Waals surface area contributed by atoms with Gasteiger partial charge in [-0.05, 0) is 102 Å². The molecule has 6 heteroatoms. The molecule has 0 aliphatic carbocycles. The molecule has 0 saturated carbocycles. The van der Waals surface area contributed by atoms with E-state index >= 15 is 0 Å². The van der Waals surface area contributed by atoms with Crippen molar-refractivity contribution in [3.63, 3.8) is 0 Å². The van der Waals surface area contributed by atoms with Crippen LogP contribution in [0.25, 0.3) is 0 Å². The number of carbonyl (C=O) groups excluding carboxylic acids is 2. The molecule has 1 unspecified atom stereocenters. The molecule has 6 nitrogen and oxygen atoms in total. The SMILES string of the molecule is CC/C=C\C/C=C\C/C=C\C/C=C\C/C=C\C/C=C\CCCCC(=O)OC(/C=C\C/C=C\CCCCC)CCCCCCC(=O)NCC(=O)O. The molecular weight excluding hydrogens is 622 g/mol. The molecule has 0 heterocycles. The largest absolute Gasteiger partial charge is 0.480 e. The number of hydrogen-bond donors (Lipinski definition) is 2. The van der Waals surface area contributed by atoms with Crippen molar-refractivity contribution >= 4 is 17.8 Å². The summed E-state index contributed by atoms with van der Waals surface area (Å²) in [6, 6.07) is 0. The molecule has 0 spiro atoms. The number of carboxylic acids is 1. The Morgan fingerprint density at radius 1 is 0.560 bits per heavy atom. The predicted octanol–water partition coefficient (Wildman–Crippen LogP) is 11.8. The highest BCUT2D eigenvalue weighted by atomic mass is 16.5. The minimum Gasteiger partial charge on any atom is -0.480 e. The minimum atomic E-state index is -1.04. The van der Waals surface area contributed by atoms with Crippen LogP contribution in [0.5, 0.6) is 0 Å². The summed E-state index contributed by atoms with van der Waals surface area (Å²) in [4.78, 5) is 34.9. The Morgan fingerprint density at radius 3 is 1.58 bits per heavy atom. The Morgan fingerprint density at radius 2 is 1.04 bits per heavy atom. The zero-order valence-corrected chi connectivity index (χ0v) is 31.5. The van der Waals surface area contributed by atoms with Crippen molar-refractivity contribution in [1.29, 1.82) is 0 Å². The van der Waals surface area contributed by atoms with Gasteiger partial charge in [0.25, 0.3) is 0 Å². The van der Waals surface area contributed by atoms with Crippen molar-refractivity contribution < 1.29 is 24.2 Å². The van der Waals surface area contributed by atoms with Crippen molar-refractivity contribution in [1.82, 2.24) is 5.32 Å². The van der Waals surface area contributed by atoms with Gasteiger partial charge in [-0.3, -0.25) is 14.4 Å². The molecule has 2 N–H and O–H groups in total. The van der Waals surface area contributed by atoms with Gasteiger partial charge >= 0.3 is 11.9 Å². The number of amides is 1. The Bertz CT molecular complexity index is 1080. The van der Waals surface area contributed by atoms with E-state index in [-0.39, 0.29) is 24.5 Å². The van der Waals surface area contributed by atoms with E-state index in [1.165, 1.54) is 19.3 Å². The first-order chi connectivity index (χ1) is 24.5. The van der Waals surface area contributed by atoms with Gasteiger partial charge in [0.05, 0.1) is 0 Å². The van der Waals surface area contributed by atoms with Crippen molar-refractivity contribution in [2.24, 2.45) is 0 Å². The number of aliphatic carboxylic acids is 1. The lowest BCUT2D eigenvalue weighted by Crippen LogP contribution is -2.28. The molecule has 0 aliphatic heterocycles. The first kappa shape index (κ1) is 46.3. The number of esters is 1. The summed E-state index contributed by atoms with van der Waals surface area (Å²) in [5.74, 6) is -1.41. The molecule has 0 radical (unpaired) electrons. The lowest BCUT2D eigenvalue weighted by Gasteiger charge is -2.14. The Kier molecular flexibility index (Phi) is 35.3. The normalized spacial score (nSPS) is 13.2. The maximum absolute atomic E-state index is 12.6. The lowest BCUT2D eigenvalue weighted by molar-refractivity contribution is -0.147. The lowest BCUT2D eigenvalue weighted by atomic mass is 10.1. The van der Waals surface area contributed by atoms with Gasteiger partial charge in [-0.2, -0.15) is 0 Å². The average molecular weight is 692 g/mol. The van der Waals surface area contributed by atoms with E-state index in [9.17, 15) is 14.4 Å². The van der Waals surface area contributed by atoms with Crippen LogP contribution in [0.15, 0.2) is 97.2 Å². The highest BCUT2D eigenvalue weighted by Gasteiger charge is 2.11. The first-order valence-electron chi connectivity index (χ1n) is 19.4. The van der Waals surface area contributed by atoms with E-state index < -0.39 is 5.97 Å². The van der Waals surface area contributed by atoms with Gasteiger partial charge in [-0.15, -0.1) is 0 Å². The second-order valence-electron chi connectivity index (χ2n) is 12.4. The van der Waals surface area contributed by atoms with E-state index in [2.05, 4.69) is 110 Å². The number of hydrogen-bond acceptors (Lipinski definition) is 4. The van der Waals surface area contributed by atoms with Crippen LogP contribution >= 0.6 is 0 Å². The molecule has 50 heavy (non-hydrogen) atoms. The monoisotopic (exact) mass is 692 g/mol. The van der Waals surface area contributed by atoms with E-state index in [1.807, 2.05) is 6.08 Å². The van der Waals surface area contributed by atoms with E-state index in [0.29, 0.717) is 19.3 Å². The second-order valence-corrected chi connectivity index (χ2v) is 12.4. The maximum Gasteiger partial charge on any atom is 0.322 e. The van der Waals surface area contributed by atoms with Crippen LogP contribution in [0.4, 0.5) is 0 Å². The molecule has 1 amide bonds. The summed E-state index contributed by atoms with van der Waals surface area (Å²) in [5.41, 5.74) is 0.